The molecule has 19 heavy (non-hydrogen) atoms. The van der Waals surface area contributed by atoms with Gasteiger partial charge in [-0.3, -0.25) is 0 Å². The second kappa shape index (κ2) is 6.75. The normalized spacial score (nSPS) is 14.1. The van der Waals surface area contributed by atoms with Gasteiger partial charge in [0.15, 0.2) is 0 Å². The molecule has 0 bridgehead atoms. The van der Waals surface area contributed by atoms with Gasteiger partial charge in [0.1, 0.15) is 11.9 Å². The number of halogens is 2. The maximum Gasteiger partial charge on any atom is 0.148 e. The summed E-state index contributed by atoms with van der Waals surface area (Å²) in [6, 6.07) is 11.6. The van der Waals surface area contributed by atoms with Crippen LogP contribution in [0.4, 0.5) is 0 Å². The lowest BCUT2D eigenvalue weighted by molar-refractivity contribution is 0.173. The molecule has 0 aliphatic heterocycles. The van der Waals surface area contributed by atoms with Crippen LogP contribution in [0.3, 0.4) is 0 Å². The highest BCUT2D eigenvalue weighted by Gasteiger charge is 2.23. The zero-order chi connectivity index (χ0) is 13.8. The van der Waals surface area contributed by atoms with Crippen molar-refractivity contribution in [2.45, 2.75) is 25.5 Å². The van der Waals surface area contributed by atoms with E-state index in [2.05, 4.69) is 22.9 Å². The maximum atomic E-state index is 6.18. The molecule has 1 aromatic carbocycles. The van der Waals surface area contributed by atoms with Crippen LogP contribution in [0, 0.1) is 0 Å². The van der Waals surface area contributed by atoms with E-state index in [1.54, 1.807) is 0 Å². The predicted molar refractivity (Wildman–Crippen MR) is 85.1 cm³/mol. The SMILES string of the molecule is CCC(N)C(Oc1ccccc1Br)c1ccc(Cl)s1. The lowest BCUT2D eigenvalue weighted by atomic mass is 10.1. The van der Waals surface area contributed by atoms with E-state index in [1.807, 2.05) is 36.4 Å². The van der Waals surface area contributed by atoms with Gasteiger partial charge in [-0.05, 0) is 46.6 Å². The van der Waals surface area contributed by atoms with Crippen LogP contribution in [0.1, 0.15) is 24.3 Å². The Labute approximate surface area is 130 Å². The molecule has 2 rings (SSSR count). The van der Waals surface area contributed by atoms with Gasteiger partial charge >= 0.3 is 0 Å². The number of rotatable bonds is 5. The summed E-state index contributed by atoms with van der Waals surface area (Å²) in [7, 11) is 0. The van der Waals surface area contributed by atoms with E-state index >= 15 is 0 Å². The third-order valence-electron chi connectivity index (χ3n) is 2.83. The first-order valence-electron chi connectivity index (χ1n) is 6.03. The van der Waals surface area contributed by atoms with Crippen molar-refractivity contribution in [1.29, 1.82) is 0 Å². The molecule has 0 radical (unpaired) electrons. The summed E-state index contributed by atoms with van der Waals surface area (Å²) in [5.74, 6) is 0.793. The van der Waals surface area contributed by atoms with E-state index in [0.717, 1.165) is 25.9 Å². The molecule has 102 valence electrons. The van der Waals surface area contributed by atoms with Crippen LogP contribution in [0.2, 0.25) is 4.34 Å². The van der Waals surface area contributed by atoms with Crippen LogP contribution in [0.5, 0.6) is 5.75 Å². The number of hydrogen-bond donors (Lipinski definition) is 1. The van der Waals surface area contributed by atoms with Crippen molar-refractivity contribution in [3.63, 3.8) is 0 Å². The van der Waals surface area contributed by atoms with Crippen LogP contribution >= 0.6 is 38.9 Å². The highest BCUT2D eigenvalue weighted by atomic mass is 79.9. The Morgan fingerprint density at radius 1 is 1.32 bits per heavy atom. The Bertz CT molecular complexity index is 546. The highest BCUT2D eigenvalue weighted by Crippen LogP contribution is 2.35. The lowest BCUT2D eigenvalue weighted by Gasteiger charge is -2.23. The zero-order valence-electron chi connectivity index (χ0n) is 10.5. The first-order valence-corrected chi connectivity index (χ1v) is 8.02. The first kappa shape index (κ1) is 14.9. The molecule has 0 saturated heterocycles. The second-order valence-electron chi connectivity index (χ2n) is 4.18. The Morgan fingerprint density at radius 2 is 2.05 bits per heavy atom. The van der Waals surface area contributed by atoms with E-state index in [0.29, 0.717) is 0 Å². The molecule has 2 N–H and O–H groups in total. The average Bonchev–Trinajstić information content (AvgIpc) is 2.83. The molecule has 0 spiro atoms. The van der Waals surface area contributed by atoms with Crippen molar-refractivity contribution in [3.8, 4) is 5.75 Å². The Kier molecular flexibility index (Phi) is 5.28. The summed E-state index contributed by atoms with van der Waals surface area (Å²) < 4.78 is 7.75. The van der Waals surface area contributed by atoms with Crippen LogP contribution in [-0.4, -0.2) is 6.04 Å². The molecular formula is C14H15BrClNOS. The van der Waals surface area contributed by atoms with Gasteiger partial charge in [0, 0.05) is 10.9 Å². The number of thiophene rings is 1. The van der Waals surface area contributed by atoms with Crippen molar-refractivity contribution in [3.05, 3.63) is 50.1 Å². The van der Waals surface area contributed by atoms with Gasteiger partial charge in [0.25, 0.3) is 0 Å². The van der Waals surface area contributed by atoms with Crippen molar-refractivity contribution >= 4 is 38.9 Å². The third kappa shape index (κ3) is 3.72. The maximum absolute atomic E-state index is 6.18. The minimum absolute atomic E-state index is 0.0678. The standard InChI is InChI=1S/C14H15BrClNOS/c1-2-10(17)14(12-7-8-13(16)19-12)18-11-6-4-3-5-9(11)15/h3-8,10,14H,2,17H2,1H3. The fourth-order valence-electron chi connectivity index (χ4n) is 1.73. The van der Waals surface area contributed by atoms with E-state index in [-0.39, 0.29) is 12.1 Å². The molecule has 2 unspecified atom stereocenters. The van der Waals surface area contributed by atoms with Gasteiger partial charge in [-0.15, -0.1) is 11.3 Å². The summed E-state index contributed by atoms with van der Waals surface area (Å²) in [6.07, 6.45) is 0.658. The summed E-state index contributed by atoms with van der Waals surface area (Å²) in [4.78, 5) is 1.05. The van der Waals surface area contributed by atoms with Crippen molar-refractivity contribution in [2.24, 2.45) is 5.73 Å². The molecule has 5 heteroatoms. The molecule has 0 fully saturated rings. The highest BCUT2D eigenvalue weighted by molar-refractivity contribution is 9.10. The zero-order valence-corrected chi connectivity index (χ0v) is 13.6. The summed E-state index contributed by atoms with van der Waals surface area (Å²) in [5.41, 5.74) is 6.18. The van der Waals surface area contributed by atoms with Gasteiger partial charge in [-0.2, -0.15) is 0 Å². The minimum Gasteiger partial charge on any atom is -0.482 e. The van der Waals surface area contributed by atoms with Crippen LogP contribution in [0.25, 0.3) is 0 Å². The van der Waals surface area contributed by atoms with Gasteiger partial charge in [-0.1, -0.05) is 30.7 Å². The molecule has 1 aromatic heterocycles. The molecule has 0 aliphatic carbocycles. The quantitative estimate of drug-likeness (QED) is 0.812. The van der Waals surface area contributed by atoms with Gasteiger partial charge in [0.05, 0.1) is 8.81 Å². The second-order valence-corrected chi connectivity index (χ2v) is 6.78. The van der Waals surface area contributed by atoms with Gasteiger partial charge in [0.2, 0.25) is 0 Å². The summed E-state index contributed by atoms with van der Waals surface area (Å²) in [5, 5.41) is 0. The Balaban J connectivity index is 2.27. The van der Waals surface area contributed by atoms with Gasteiger partial charge < -0.3 is 10.5 Å². The summed E-state index contributed by atoms with van der Waals surface area (Å²) in [6.45, 7) is 2.05. The molecule has 2 aromatic rings. The molecule has 0 aliphatic rings. The summed E-state index contributed by atoms with van der Waals surface area (Å²) >= 11 is 11.0. The predicted octanol–water partition coefficient (Wildman–Crippen LogP) is 5.02. The number of para-hydroxylation sites is 1. The monoisotopic (exact) mass is 359 g/mol. The van der Waals surface area contributed by atoms with Crippen LogP contribution in [-0.2, 0) is 0 Å². The average molecular weight is 361 g/mol. The fourth-order valence-corrected chi connectivity index (χ4v) is 3.27. The number of ether oxygens (including phenoxy) is 1. The van der Waals surface area contributed by atoms with E-state index in [4.69, 9.17) is 22.1 Å². The number of nitrogens with two attached hydrogens (primary N) is 1. The topological polar surface area (TPSA) is 35.2 Å². The van der Waals surface area contributed by atoms with E-state index in [1.165, 1.54) is 11.3 Å². The Morgan fingerprint density at radius 3 is 2.63 bits per heavy atom. The molecule has 2 atom stereocenters. The molecule has 0 saturated carbocycles. The number of hydrogen-bond acceptors (Lipinski definition) is 3. The van der Waals surface area contributed by atoms with Crippen molar-refractivity contribution in [1.82, 2.24) is 0 Å². The molecule has 2 nitrogen and oxygen atoms in total. The largest absolute Gasteiger partial charge is 0.482 e. The lowest BCUT2D eigenvalue weighted by Crippen LogP contribution is -2.31. The van der Waals surface area contributed by atoms with Crippen LogP contribution < -0.4 is 10.5 Å². The molecular weight excluding hydrogens is 346 g/mol. The Hall–Kier alpha value is -0.550. The minimum atomic E-state index is -0.179. The molecule has 0 amide bonds. The third-order valence-corrected chi connectivity index (χ3v) is 4.77. The van der Waals surface area contributed by atoms with E-state index in [9.17, 15) is 0 Å². The smallest absolute Gasteiger partial charge is 0.148 e. The number of benzene rings is 1. The molecule has 1 heterocycles. The fraction of sp³-hybridized carbons (Fsp3) is 0.286. The van der Waals surface area contributed by atoms with E-state index < -0.39 is 0 Å². The van der Waals surface area contributed by atoms with Crippen LogP contribution in [0.15, 0.2) is 40.9 Å². The van der Waals surface area contributed by atoms with Gasteiger partial charge in [-0.25, -0.2) is 0 Å². The van der Waals surface area contributed by atoms with Crippen molar-refractivity contribution in [2.75, 3.05) is 0 Å². The first-order chi connectivity index (χ1) is 9.11. The van der Waals surface area contributed by atoms with Crippen molar-refractivity contribution < 1.29 is 4.74 Å².